The van der Waals surface area contributed by atoms with E-state index in [1.54, 1.807) is 12.1 Å². The van der Waals surface area contributed by atoms with Gasteiger partial charge in [-0.2, -0.15) is 0 Å². The second-order valence-electron chi connectivity index (χ2n) is 3.94. The zero-order valence-electron chi connectivity index (χ0n) is 8.51. The van der Waals surface area contributed by atoms with Gasteiger partial charge in [0.05, 0.1) is 4.88 Å². The summed E-state index contributed by atoms with van der Waals surface area (Å²) in [6.07, 6.45) is 0.486. The van der Waals surface area contributed by atoms with Crippen LogP contribution in [-0.4, -0.2) is 10.9 Å². The Morgan fingerprint density at radius 2 is 2.00 bits per heavy atom. The van der Waals surface area contributed by atoms with E-state index in [2.05, 4.69) is 0 Å². The molecular formula is C13H10O2S. The first-order chi connectivity index (χ1) is 7.77. The van der Waals surface area contributed by atoms with E-state index in [1.807, 2.05) is 23.6 Å². The number of para-hydroxylation sites is 1. The minimum Gasteiger partial charge on any atom is -0.508 e. The Hall–Kier alpha value is -1.61. The highest BCUT2D eigenvalue weighted by atomic mass is 32.1. The van der Waals surface area contributed by atoms with E-state index in [9.17, 15) is 9.90 Å². The van der Waals surface area contributed by atoms with E-state index in [1.165, 1.54) is 11.3 Å². The largest absolute Gasteiger partial charge is 0.508 e. The van der Waals surface area contributed by atoms with Crippen LogP contribution in [0.5, 0.6) is 5.75 Å². The Labute approximate surface area is 97.2 Å². The van der Waals surface area contributed by atoms with Crippen molar-refractivity contribution in [3.8, 4) is 5.75 Å². The van der Waals surface area contributed by atoms with Crippen LogP contribution in [0.15, 0.2) is 35.7 Å². The molecule has 0 aliphatic heterocycles. The van der Waals surface area contributed by atoms with Crippen LogP contribution in [0.3, 0.4) is 0 Å². The van der Waals surface area contributed by atoms with E-state index in [4.69, 9.17) is 0 Å². The van der Waals surface area contributed by atoms with Gasteiger partial charge in [0.1, 0.15) is 5.75 Å². The maximum atomic E-state index is 11.8. The SMILES string of the molecule is O=C1CC(c2ccccc2O)c2ccsc21. The van der Waals surface area contributed by atoms with Gasteiger partial charge in [-0.15, -0.1) is 11.3 Å². The lowest BCUT2D eigenvalue weighted by Crippen LogP contribution is -1.97. The van der Waals surface area contributed by atoms with Crippen molar-refractivity contribution in [1.82, 2.24) is 0 Å². The topological polar surface area (TPSA) is 37.3 Å². The monoisotopic (exact) mass is 230 g/mol. The molecule has 2 aromatic rings. The number of ketones is 1. The minimum atomic E-state index is 0.0370. The molecule has 0 bridgehead atoms. The molecule has 1 aliphatic rings. The van der Waals surface area contributed by atoms with Crippen molar-refractivity contribution >= 4 is 17.1 Å². The number of carbonyl (C=O) groups is 1. The second kappa shape index (κ2) is 3.46. The van der Waals surface area contributed by atoms with Gasteiger partial charge in [0.2, 0.25) is 0 Å². The number of rotatable bonds is 1. The smallest absolute Gasteiger partial charge is 0.174 e. The first-order valence-corrected chi connectivity index (χ1v) is 6.04. The summed E-state index contributed by atoms with van der Waals surface area (Å²) in [5, 5.41) is 11.8. The zero-order chi connectivity index (χ0) is 11.1. The predicted octanol–water partition coefficient (Wildman–Crippen LogP) is 3.17. The summed E-state index contributed by atoms with van der Waals surface area (Å²) in [6.45, 7) is 0. The average Bonchev–Trinajstić information content (AvgIpc) is 2.84. The lowest BCUT2D eigenvalue weighted by Gasteiger charge is -2.11. The van der Waals surface area contributed by atoms with E-state index in [-0.39, 0.29) is 17.5 Å². The van der Waals surface area contributed by atoms with E-state index >= 15 is 0 Å². The molecule has 1 aromatic heterocycles. The number of hydrogen-bond acceptors (Lipinski definition) is 3. The summed E-state index contributed by atoms with van der Waals surface area (Å²) in [5.41, 5.74) is 1.92. The maximum Gasteiger partial charge on any atom is 0.174 e. The number of fused-ring (bicyclic) bond motifs is 1. The fourth-order valence-corrected chi connectivity index (χ4v) is 3.18. The summed E-state index contributed by atoms with van der Waals surface area (Å²) < 4.78 is 0. The summed E-state index contributed by atoms with van der Waals surface area (Å²) in [4.78, 5) is 12.6. The van der Waals surface area contributed by atoms with Crippen LogP contribution in [-0.2, 0) is 0 Å². The molecule has 0 saturated carbocycles. The third-order valence-electron chi connectivity index (χ3n) is 3.03. The molecule has 1 unspecified atom stereocenters. The van der Waals surface area contributed by atoms with Crippen molar-refractivity contribution in [2.45, 2.75) is 12.3 Å². The summed E-state index contributed by atoms with van der Waals surface area (Å²) in [7, 11) is 0. The van der Waals surface area contributed by atoms with E-state index in [0.29, 0.717) is 6.42 Å². The molecule has 0 fully saturated rings. The lowest BCUT2D eigenvalue weighted by atomic mass is 9.93. The van der Waals surface area contributed by atoms with Crippen LogP contribution in [0.25, 0.3) is 0 Å². The quantitative estimate of drug-likeness (QED) is 0.817. The van der Waals surface area contributed by atoms with Crippen molar-refractivity contribution in [2.24, 2.45) is 0 Å². The molecule has 0 saturated heterocycles. The molecule has 1 heterocycles. The standard InChI is InChI=1S/C13H10O2S/c14-11-4-2-1-3-8(11)10-7-12(15)13-9(10)5-6-16-13/h1-6,10,14H,7H2. The first kappa shape index (κ1) is 9.60. The highest BCUT2D eigenvalue weighted by Gasteiger charge is 2.32. The van der Waals surface area contributed by atoms with Crippen LogP contribution < -0.4 is 0 Å². The molecule has 0 radical (unpaired) electrons. The van der Waals surface area contributed by atoms with Crippen molar-refractivity contribution in [2.75, 3.05) is 0 Å². The maximum absolute atomic E-state index is 11.8. The van der Waals surface area contributed by atoms with Crippen LogP contribution >= 0.6 is 11.3 Å². The number of phenols is 1. The molecule has 80 valence electrons. The van der Waals surface area contributed by atoms with Crippen molar-refractivity contribution in [3.05, 3.63) is 51.7 Å². The predicted molar refractivity (Wildman–Crippen MR) is 63.2 cm³/mol. The molecule has 16 heavy (non-hydrogen) atoms. The number of benzene rings is 1. The van der Waals surface area contributed by atoms with Crippen LogP contribution in [0.4, 0.5) is 0 Å². The summed E-state index contributed by atoms with van der Waals surface area (Å²) >= 11 is 1.49. The molecule has 3 rings (SSSR count). The highest BCUT2D eigenvalue weighted by Crippen LogP contribution is 2.43. The van der Waals surface area contributed by atoms with Gasteiger partial charge in [-0.3, -0.25) is 4.79 Å². The highest BCUT2D eigenvalue weighted by molar-refractivity contribution is 7.12. The van der Waals surface area contributed by atoms with Gasteiger partial charge < -0.3 is 5.11 Å². The van der Waals surface area contributed by atoms with Crippen LogP contribution in [0.1, 0.15) is 33.1 Å². The van der Waals surface area contributed by atoms with Gasteiger partial charge in [-0.05, 0) is 23.1 Å². The Kier molecular flexibility index (Phi) is 2.07. The molecule has 1 aliphatic carbocycles. The number of thiophene rings is 1. The molecular weight excluding hydrogens is 220 g/mol. The Balaban J connectivity index is 2.12. The lowest BCUT2D eigenvalue weighted by molar-refractivity contribution is 0.0994. The molecule has 3 heteroatoms. The van der Waals surface area contributed by atoms with Gasteiger partial charge in [0.25, 0.3) is 0 Å². The van der Waals surface area contributed by atoms with Crippen LogP contribution in [0.2, 0.25) is 0 Å². The van der Waals surface area contributed by atoms with E-state index in [0.717, 1.165) is 16.0 Å². The zero-order valence-corrected chi connectivity index (χ0v) is 9.33. The van der Waals surface area contributed by atoms with E-state index < -0.39 is 0 Å². The van der Waals surface area contributed by atoms with Gasteiger partial charge >= 0.3 is 0 Å². The normalized spacial score (nSPS) is 18.8. The van der Waals surface area contributed by atoms with Crippen molar-refractivity contribution in [3.63, 3.8) is 0 Å². The average molecular weight is 230 g/mol. The molecule has 1 aromatic carbocycles. The Morgan fingerprint density at radius 3 is 2.81 bits per heavy atom. The molecule has 1 N–H and O–H groups in total. The minimum absolute atomic E-state index is 0.0370. The summed E-state index contributed by atoms with van der Waals surface area (Å²) in [6, 6.07) is 9.24. The Morgan fingerprint density at radius 1 is 1.19 bits per heavy atom. The number of Topliss-reactive ketones (excluding diaryl/α,β-unsaturated/α-hetero) is 1. The van der Waals surface area contributed by atoms with Gasteiger partial charge in [0, 0.05) is 17.9 Å². The van der Waals surface area contributed by atoms with Crippen LogP contribution in [0, 0.1) is 0 Å². The Bertz CT molecular complexity index is 557. The third-order valence-corrected chi connectivity index (χ3v) is 4.00. The van der Waals surface area contributed by atoms with Crippen molar-refractivity contribution < 1.29 is 9.90 Å². The number of phenolic OH excluding ortho intramolecular Hbond substituents is 1. The van der Waals surface area contributed by atoms with Gasteiger partial charge in [0.15, 0.2) is 5.78 Å². The van der Waals surface area contributed by atoms with Gasteiger partial charge in [-0.1, -0.05) is 18.2 Å². The summed E-state index contributed by atoms with van der Waals surface area (Å²) in [5.74, 6) is 0.507. The van der Waals surface area contributed by atoms with Gasteiger partial charge in [-0.25, -0.2) is 0 Å². The first-order valence-electron chi connectivity index (χ1n) is 5.16. The number of carbonyl (C=O) groups excluding carboxylic acids is 1. The fraction of sp³-hybridized carbons (Fsp3) is 0.154. The molecule has 0 amide bonds. The molecule has 2 nitrogen and oxygen atoms in total. The number of aromatic hydroxyl groups is 1. The number of hydrogen-bond donors (Lipinski definition) is 1. The second-order valence-corrected chi connectivity index (χ2v) is 4.86. The van der Waals surface area contributed by atoms with Crippen molar-refractivity contribution in [1.29, 1.82) is 0 Å². The molecule has 1 atom stereocenters. The fourth-order valence-electron chi connectivity index (χ4n) is 2.27. The third kappa shape index (κ3) is 1.28. The molecule has 0 spiro atoms.